The standard InChI is InChI=1S/C21H28FN9/c1-28-12-16(10-25-28)26-20-24-11-18(22)19(27-20)30-14-21(15-30,5-6-23)31-9-8-29-7-3-2-4-17(29)13-31/h10-12,17H,2-5,7-9,13-15H2,1H3,(H,24,26,27)/t17-/m0/s1. The minimum Gasteiger partial charge on any atom is -0.350 e. The van der Waals surface area contributed by atoms with E-state index in [-0.39, 0.29) is 11.4 Å². The fraction of sp³-hybridized carbons (Fsp3) is 0.619. The van der Waals surface area contributed by atoms with Gasteiger partial charge in [-0.15, -0.1) is 0 Å². The third kappa shape index (κ3) is 3.83. The summed E-state index contributed by atoms with van der Waals surface area (Å²) >= 11 is 0. The number of nitrogens with one attached hydrogen (secondary N) is 1. The van der Waals surface area contributed by atoms with Gasteiger partial charge in [0.05, 0.1) is 36.1 Å². The van der Waals surface area contributed by atoms with Gasteiger partial charge in [-0.05, 0) is 19.4 Å². The lowest BCUT2D eigenvalue weighted by atomic mass is 9.83. The van der Waals surface area contributed by atoms with Gasteiger partial charge < -0.3 is 10.2 Å². The van der Waals surface area contributed by atoms with Crippen molar-refractivity contribution in [1.29, 1.82) is 5.26 Å². The molecule has 0 spiro atoms. The Hall–Kier alpha value is -2.77. The average Bonchev–Trinajstić information content (AvgIpc) is 3.16. The van der Waals surface area contributed by atoms with Crippen molar-refractivity contribution < 1.29 is 4.39 Å². The largest absolute Gasteiger partial charge is 0.350 e. The van der Waals surface area contributed by atoms with Gasteiger partial charge in [0, 0.05) is 52.0 Å². The summed E-state index contributed by atoms with van der Waals surface area (Å²) in [4.78, 5) is 15.5. The first-order valence-electron chi connectivity index (χ1n) is 11.0. The van der Waals surface area contributed by atoms with Crippen LogP contribution in [-0.4, -0.2) is 80.4 Å². The van der Waals surface area contributed by atoms with E-state index in [0.717, 1.165) is 25.3 Å². The van der Waals surface area contributed by atoms with Crippen LogP contribution in [0.1, 0.15) is 25.7 Å². The second-order valence-corrected chi connectivity index (χ2v) is 8.94. The number of hydrogen-bond donors (Lipinski definition) is 1. The van der Waals surface area contributed by atoms with E-state index >= 15 is 0 Å². The Morgan fingerprint density at radius 2 is 2.13 bits per heavy atom. The van der Waals surface area contributed by atoms with Crippen LogP contribution in [-0.2, 0) is 7.05 Å². The highest BCUT2D eigenvalue weighted by Gasteiger charge is 2.50. The fourth-order valence-corrected chi connectivity index (χ4v) is 5.23. The van der Waals surface area contributed by atoms with Crippen LogP contribution in [0.15, 0.2) is 18.6 Å². The van der Waals surface area contributed by atoms with E-state index in [9.17, 15) is 9.65 Å². The van der Waals surface area contributed by atoms with Gasteiger partial charge in [-0.1, -0.05) is 6.42 Å². The number of nitrogens with zero attached hydrogens (tertiary/aromatic N) is 8. The number of piperidine rings is 1. The highest BCUT2D eigenvalue weighted by molar-refractivity contribution is 5.55. The zero-order chi connectivity index (χ0) is 21.4. The zero-order valence-electron chi connectivity index (χ0n) is 17.8. The van der Waals surface area contributed by atoms with E-state index in [2.05, 4.69) is 36.3 Å². The van der Waals surface area contributed by atoms with Gasteiger partial charge in [0.25, 0.3) is 0 Å². The molecule has 164 valence electrons. The second-order valence-electron chi connectivity index (χ2n) is 8.94. The molecule has 0 aliphatic carbocycles. The van der Waals surface area contributed by atoms with Crippen LogP contribution < -0.4 is 10.2 Å². The Balaban J connectivity index is 1.30. The molecule has 5 rings (SSSR count). The molecule has 1 N–H and O–H groups in total. The van der Waals surface area contributed by atoms with Gasteiger partial charge in [-0.25, -0.2) is 9.37 Å². The predicted octanol–water partition coefficient (Wildman–Crippen LogP) is 1.74. The number of hydrogen-bond acceptors (Lipinski definition) is 8. The maximum Gasteiger partial charge on any atom is 0.229 e. The molecule has 3 aliphatic heterocycles. The van der Waals surface area contributed by atoms with Crippen molar-refractivity contribution in [2.45, 2.75) is 37.3 Å². The summed E-state index contributed by atoms with van der Waals surface area (Å²) in [6, 6.07) is 2.96. The molecule has 9 nitrogen and oxygen atoms in total. The van der Waals surface area contributed by atoms with Crippen LogP contribution in [0.4, 0.5) is 21.8 Å². The maximum atomic E-state index is 14.6. The van der Waals surface area contributed by atoms with Crippen molar-refractivity contribution in [2.24, 2.45) is 7.05 Å². The van der Waals surface area contributed by atoms with Crippen molar-refractivity contribution in [2.75, 3.05) is 49.5 Å². The topological polar surface area (TPSA) is 89.1 Å². The quantitative estimate of drug-likeness (QED) is 0.775. The molecule has 2 aromatic rings. The molecule has 5 heterocycles. The van der Waals surface area contributed by atoms with E-state index in [1.807, 2.05) is 11.9 Å². The number of fused-ring (bicyclic) bond motifs is 1. The van der Waals surface area contributed by atoms with Gasteiger partial charge in [-0.2, -0.15) is 15.3 Å². The second kappa shape index (κ2) is 8.05. The molecule has 0 saturated carbocycles. The van der Waals surface area contributed by atoms with Gasteiger partial charge >= 0.3 is 0 Å². The molecule has 0 unspecified atom stereocenters. The Labute approximate surface area is 181 Å². The van der Waals surface area contributed by atoms with Crippen molar-refractivity contribution in [3.05, 3.63) is 24.4 Å². The Morgan fingerprint density at radius 1 is 1.26 bits per heavy atom. The van der Waals surface area contributed by atoms with E-state index in [1.165, 1.54) is 32.0 Å². The lowest BCUT2D eigenvalue weighted by molar-refractivity contribution is -0.0251. The number of piperazine rings is 1. The molecule has 3 fully saturated rings. The summed E-state index contributed by atoms with van der Waals surface area (Å²) < 4.78 is 16.3. The summed E-state index contributed by atoms with van der Waals surface area (Å²) in [6.45, 7) is 5.41. The lowest BCUT2D eigenvalue weighted by Crippen LogP contribution is -2.74. The molecule has 10 heteroatoms. The van der Waals surface area contributed by atoms with Gasteiger partial charge in [0.1, 0.15) is 0 Å². The molecular formula is C21H28FN9. The Morgan fingerprint density at radius 3 is 2.90 bits per heavy atom. The molecule has 3 aliphatic rings. The molecule has 0 bridgehead atoms. The Kier molecular flexibility index (Phi) is 5.24. The predicted molar refractivity (Wildman–Crippen MR) is 114 cm³/mol. The summed E-state index contributed by atoms with van der Waals surface area (Å²) in [6.07, 6.45) is 8.92. The van der Waals surface area contributed by atoms with Crippen LogP contribution >= 0.6 is 0 Å². The SMILES string of the molecule is Cn1cc(Nc2ncc(F)c(N3CC(CC#N)(N4CCN5CCCC[C@H]5C4)C3)n2)cn1. The van der Waals surface area contributed by atoms with Crippen LogP contribution in [0.25, 0.3) is 0 Å². The molecule has 3 saturated heterocycles. The number of rotatable bonds is 5. The summed E-state index contributed by atoms with van der Waals surface area (Å²) in [7, 11) is 1.82. The van der Waals surface area contributed by atoms with Crippen molar-refractivity contribution >= 4 is 17.5 Å². The summed E-state index contributed by atoms with van der Waals surface area (Å²) in [5.74, 6) is 0.170. The van der Waals surface area contributed by atoms with Crippen LogP contribution in [0.2, 0.25) is 0 Å². The van der Waals surface area contributed by atoms with Gasteiger partial charge in [0.2, 0.25) is 5.95 Å². The number of anilines is 3. The van der Waals surface area contributed by atoms with Crippen molar-refractivity contribution in [3.8, 4) is 6.07 Å². The van der Waals surface area contributed by atoms with Crippen molar-refractivity contribution in [3.63, 3.8) is 0 Å². The molecule has 0 radical (unpaired) electrons. The molecule has 0 aromatic carbocycles. The first-order chi connectivity index (χ1) is 15.1. The van der Waals surface area contributed by atoms with E-state index in [1.54, 1.807) is 17.1 Å². The number of nitriles is 1. The van der Waals surface area contributed by atoms with E-state index < -0.39 is 5.82 Å². The minimum absolute atomic E-state index is 0.230. The van der Waals surface area contributed by atoms with Crippen LogP contribution in [0.5, 0.6) is 0 Å². The highest BCUT2D eigenvalue weighted by Crippen LogP contribution is 2.37. The van der Waals surface area contributed by atoms with Gasteiger partial charge in [-0.3, -0.25) is 14.5 Å². The van der Waals surface area contributed by atoms with E-state index in [0.29, 0.717) is 31.5 Å². The third-order valence-electron chi connectivity index (χ3n) is 6.87. The smallest absolute Gasteiger partial charge is 0.229 e. The molecule has 1 atom stereocenters. The van der Waals surface area contributed by atoms with Crippen molar-refractivity contribution in [1.82, 2.24) is 29.5 Å². The summed E-state index contributed by atoms with van der Waals surface area (Å²) in [5, 5.41) is 16.7. The molecular weight excluding hydrogens is 397 g/mol. The molecule has 0 amide bonds. The zero-order valence-corrected chi connectivity index (χ0v) is 17.8. The highest BCUT2D eigenvalue weighted by atomic mass is 19.1. The fourth-order valence-electron chi connectivity index (χ4n) is 5.23. The number of aromatic nitrogens is 4. The normalized spacial score (nSPS) is 23.6. The number of halogens is 1. The minimum atomic E-state index is -0.445. The maximum absolute atomic E-state index is 14.6. The summed E-state index contributed by atoms with van der Waals surface area (Å²) in [5.41, 5.74) is 0.514. The average molecular weight is 426 g/mol. The first kappa shape index (κ1) is 20.2. The first-order valence-corrected chi connectivity index (χ1v) is 11.0. The Bertz CT molecular complexity index is 977. The lowest BCUT2D eigenvalue weighted by Gasteiger charge is -2.58. The van der Waals surface area contributed by atoms with Crippen LogP contribution in [0.3, 0.4) is 0 Å². The monoisotopic (exact) mass is 425 g/mol. The number of aryl methyl sites for hydroxylation is 1. The molecule has 31 heavy (non-hydrogen) atoms. The van der Waals surface area contributed by atoms with Gasteiger partial charge in [0.15, 0.2) is 11.6 Å². The van der Waals surface area contributed by atoms with E-state index in [4.69, 9.17) is 0 Å². The molecule has 2 aromatic heterocycles. The van der Waals surface area contributed by atoms with Crippen LogP contribution in [0, 0.1) is 17.1 Å². The third-order valence-corrected chi connectivity index (χ3v) is 6.87.